The van der Waals surface area contributed by atoms with Gasteiger partial charge in [0.15, 0.2) is 0 Å². The number of aromatic nitrogens is 1. The fraction of sp³-hybridized carbons (Fsp3) is 0.269. The van der Waals surface area contributed by atoms with Crippen molar-refractivity contribution in [2.24, 2.45) is 0 Å². The number of ether oxygens (including phenoxy) is 2. The topological polar surface area (TPSA) is 75.4 Å². The Balaban J connectivity index is 1.65. The van der Waals surface area contributed by atoms with Crippen molar-refractivity contribution in [1.82, 2.24) is 9.88 Å². The summed E-state index contributed by atoms with van der Waals surface area (Å²) in [6.45, 7) is 3.59. The molecule has 4 rings (SSSR count). The molecule has 1 aliphatic rings. The quantitative estimate of drug-likeness (QED) is 0.302. The van der Waals surface area contributed by atoms with Crippen molar-refractivity contribution in [1.29, 1.82) is 5.26 Å². The summed E-state index contributed by atoms with van der Waals surface area (Å²) in [7, 11) is 3.69. The van der Waals surface area contributed by atoms with Gasteiger partial charge in [-0.2, -0.15) is 5.26 Å². The van der Waals surface area contributed by atoms with Crippen LogP contribution in [-0.4, -0.2) is 42.3 Å². The van der Waals surface area contributed by atoms with Gasteiger partial charge in [0, 0.05) is 30.8 Å². The molecule has 0 unspecified atom stereocenters. The van der Waals surface area contributed by atoms with E-state index in [1.54, 1.807) is 19.2 Å². The van der Waals surface area contributed by atoms with Gasteiger partial charge in [-0.3, -0.25) is 4.79 Å². The second-order valence-electron chi connectivity index (χ2n) is 8.00. The number of fused-ring (bicyclic) bond motifs is 1. The van der Waals surface area contributed by atoms with Crippen LogP contribution >= 0.6 is 11.8 Å². The van der Waals surface area contributed by atoms with Crippen LogP contribution in [0.5, 0.6) is 11.5 Å². The Kier molecular flexibility index (Phi) is 6.97. The fourth-order valence-electron chi connectivity index (χ4n) is 3.85. The number of thioether (sulfide) groups is 1. The highest BCUT2D eigenvalue weighted by molar-refractivity contribution is 7.99. The molecule has 0 saturated heterocycles. The molecule has 0 N–H and O–H groups in total. The van der Waals surface area contributed by atoms with Crippen LogP contribution in [0.25, 0.3) is 11.1 Å². The summed E-state index contributed by atoms with van der Waals surface area (Å²) in [6.07, 6.45) is 0.794. The molecule has 0 saturated carbocycles. The summed E-state index contributed by atoms with van der Waals surface area (Å²) in [4.78, 5) is 19.5. The van der Waals surface area contributed by atoms with Crippen LogP contribution in [-0.2, 0) is 17.8 Å². The van der Waals surface area contributed by atoms with Crippen LogP contribution in [0, 0.1) is 18.3 Å². The van der Waals surface area contributed by atoms with Gasteiger partial charge in [-0.15, -0.1) is 0 Å². The molecule has 0 aliphatic carbocycles. The smallest absolute Gasteiger partial charge is 0.321 e. The van der Waals surface area contributed by atoms with Crippen molar-refractivity contribution in [3.63, 3.8) is 0 Å². The number of benzene rings is 2. The van der Waals surface area contributed by atoms with E-state index in [1.165, 1.54) is 11.8 Å². The maximum Gasteiger partial charge on any atom is 0.321 e. The summed E-state index contributed by atoms with van der Waals surface area (Å²) in [5, 5.41) is 10.7. The van der Waals surface area contributed by atoms with Crippen LogP contribution in [0.3, 0.4) is 0 Å². The first-order valence-corrected chi connectivity index (χ1v) is 11.7. The maximum absolute atomic E-state index is 12.5. The van der Waals surface area contributed by atoms with E-state index in [2.05, 4.69) is 18.0 Å². The lowest BCUT2D eigenvalue weighted by atomic mass is 9.92. The molecule has 2 heterocycles. The van der Waals surface area contributed by atoms with Gasteiger partial charge < -0.3 is 14.4 Å². The molecule has 168 valence electrons. The van der Waals surface area contributed by atoms with Gasteiger partial charge in [0.25, 0.3) is 0 Å². The highest BCUT2D eigenvalue weighted by Crippen LogP contribution is 2.37. The summed E-state index contributed by atoms with van der Waals surface area (Å²) in [6, 6.07) is 17.4. The van der Waals surface area contributed by atoms with Crippen LogP contribution in [0.1, 0.15) is 22.4 Å². The molecule has 33 heavy (non-hydrogen) atoms. The van der Waals surface area contributed by atoms with Crippen molar-refractivity contribution in [3.05, 3.63) is 70.9 Å². The first-order chi connectivity index (χ1) is 16.0. The van der Waals surface area contributed by atoms with Crippen molar-refractivity contribution >= 4 is 17.7 Å². The average molecular weight is 460 g/mol. The zero-order valence-corrected chi connectivity index (χ0v) is 19.7. The summed E-state index contributed by atoms with van der Waals surface area (Å²) in [5.41, 5.74) is 5.45. The highest BCUT2D eigenvalue weighted by atomic mass is 32.2. The second-order valence-corrected chi connectivity index (χ2v) is 8.96. The van der Waals surface area contributed by atoms with Gasteiger partial charge in [-0.05, 0) is 49.4 Å². The molecular weight excluding hydrogens is 434 g/mol. The Hall–Kier alpha value is -3.34. The van der Waals surface area contributed by atoms with Gasteiger partial charge >= 0.3 is 5.97 Å². The van der Waals surface area contributed by atoms with E-state index >= 15 is 0 Å². The molecule has 1 aliphatic heterocycles. The van der Waals surface area contributed by atoms with Gasteiger partial charge in [0.2, 0.25) is 0 Å². The zero-order valence-electron chi connectivity index (χ0n) is 18.9. The third-order valence-corrected chi connectivity index (χ3v) is 6.53. The Morgan fingerprint density at radius 2 is 1.85 bits per heavy atom. The Morgan fingerprint density at radius 3 is 2.52 bits per heavy atom. The Labute approximate surface area is 198 Å². The number of methoxy groups -OCH3 is 1. The predicted octanol–water partition coefficient (Wildman–Crippen LogP) is 4.62. The number of likely N-dealkylation sites (N-methyl/N-ethyl adjacent to an activating group) is 1. The van der Waals surface area contributed by atoms with Crippen molar-refractivity contribution < 1.29 is 14.3 Å². The number of nitriles is 1. The number of nitrogens with zero attached hydrogens (tertiary/aromatic N) is 3. The van der Waals surface area contributed by atoms with E-state index in [1.807, 2.05) is 43.3 Å². The van der Waals surface area contributed by atoms with E-state index in [0.717, 1.165) is 53.2 Å². The summed E-state index contributed by atoms with van der Waals surface area (Å²) in [5.74, 6) is 0.951. The summed E-state index contributed by atoms with van der Waals surface area (Å²) < 4.78 is 10.7. The number of aryl methyl sites for hydroxylation is 1. The van der Waals surface area contributed by atoms with Crippen LogP contribution in [0.4, 0.5) is 0 Å². The lowest BCUT2D eigenvalue weighted by molar-refractivity contribution is -0.131. The molecule has 0 atom stereocenters. The molecule has 6 nitrogen and oxygen atoms in total. The molecule has 0 bridgehead atoms. The zero-order chi connectivity index (χ0) is 23.4. The minimum absolute atomic E-state index is 0.0658. The van der Waals surface area contributed by atoms with Gasteiger partial charge in [-0.1, -0.05) is 41.6 Å². The molecule has 3 aromatic rings. The number of hydrogen-bond acceptors (Lipinski definition) is 7. The van der Waals surface area contributed by atoms with Crippen molar-refractivity contribution in [3.8, 4) is 28.7 Å². The van der Waals surface area contributed by atoms with E-state index in [-0.39, 0.29) is 11.7 Å². The number of pyridine rings is 1. The average Bonchev–Trinajstić information content (AvgIpc) is 2.83. The molecule has 0 radical (unpaired) electrons. The molecule has 0 spiro atoms. The Morgan fingerprint density at radius 1 is 1.15 bits per heavy atom. The molecule has 0 fully saturated rings. The lowest BCUT2D eigenvalue weighted by Gasteiger charge is -2.28. The monoisotopic (exact) mass is 459 g/mol. The molecule has 1 aromatic heterocycles. The van der Waals surface area contributed by atoms with E-state index in [0.29, 0.717) is 16.3 Å². The van der Waals surface area contributed by atoms with Gasteiger partial charge in [0.1, 0.15) is 22.6 Å². The summed E-state index contributed by atoms with van der Waals surface area (Å²) >= 11 is 1.25. The molecule has 0 amide bonds. The molecular formula is C26H25N3O3S. The van der Waals surface area contributed by atoms with E-state index in [4.69, 9.17) is 14.5 Å². The second kappa shape index (κ2) is 10.1. The number of rotatable bonds is 6. The highest BCUT2D eigenvalue weighted by Gasteiger charge is 2.25. The third kappa shape index (κ3) is 5.19. The van der Waals surface area contributed by atoms with Crippen LogP contribution in [0.15, 0.2) is 53.6 Å². The largest absolute Gasteiger partial charge is 0.497 e. The maximum atomic E-state index is 12.5. The number of carbonyl (C=O) groups is 1. The molecule has 7 heteroatoms. The van der Waals surface area contributed by atoms with Crippen LogP contribution < -0.4 is 9.47 Å². The number of hydrogen-bond donors (Lipinski definition) is 0. The third-order valence-electron chi connectivity index (χ3n) is 5.58. The first kappa shape index (κ1) is 22.8. The molecule has 2 aromatic carbocycles. The predicted molar refractivity (Wildman–Crippen MR) is 129 cm³/mol. The SMILES string of the molecule is COc1ccc(-c2c(C#N)c(SCC(=O)Oc3ccc(C)cc3)nc3c2CN(C)CC3)cc1. The first-order valence-electron chi connectivity index (χ1n) is 10.7. The van der Waals surface area contributed by atoms with Gasteiger partial charge in [0.05, 0.1) is 18.4 Å². The fourth-order valence-corrected chi connectivity index (χ4v) is 4.63. The minimum Gasteiger partial charge on any atom is -0.497 e. The van der Waals surface area contributed by atoms with Crippen molar-refractivity contribution in [2.45, 2.75) is 24.9 Å². The number of esters is 1. The van der Waals surface area contributed by atoms with E-state index in [9.17, 15) is 10.1 Å². The minimum atomic E-state index is -0.377. The standard InChI is InChI=1S/C26H25N3O3S/c1-17-4-8-20(9-5-17)32-24(30)16-33-26-21(14-27)25(18-6-10-19(31-3)11-7-18)22-15-29(2)13-12-23(22)28-26/h4-11H,12-13,15-16H2,1-3H3. The van der Waals surface area contributed by atoms with Crippen LogP contribution in [0.2, 0.25) is 0 Å². The number of carbonyl (C=O) groups excluding carboxylic acids is 1. The lowest BCUT2D eigenvalue weighted by Crippen LogP contribution is -2.28. The van der Waals surface area contributed by atoms with E-state index < -0.39 is 0 Å². The Bertz CT molecular complexity index is 1200. The van der Waals surface area contributed by atoms with Crippen molar-refractivity contribution in [2.75, 3.05) is 26.5 Å². The van der Waals surface area contributed by atoms with Gasteiger partial charge in [-0.25, -0.2) is 4.98 Å². The normalized spacial score (nSPS) is 13.2.